The molecule has 3 aromatic rings. The molecule has 2 aromatic heterocycles. The average molecular weight is 266 g/mol. The Hall–Kier alpha value is -2.20. The van der Waals surface area contributed by atoms with E-state index in [0.29, 0.717) is 0 Å². The van der Waals surface area contributed by atoms with Crippen molar-refractivity contribution in [3.8, 4) is 5.82 Å². The topological polar surface area (TPSA) is 42.7 Å². The molecule has 1 aromatic carbocycles. The lowest BCUT2D eigenvalue weighted by Gasteiger charge is -2.09. The monoisotopic (exact) mass is 266 g/mol. The third kappa shape index (κ3) is 2.30. The van der Waals surface area contributed by atoms with Gasteiger partial charge in [-0.2, -0.15) is 5.10 Å². The fourth-order valence-corrected chi connectivity index (χ4v) is 2.35. The highest BCUT2D eigenvalue weighted by Gasteiger charge is 2.08. The lowest BCUT2D eigenvalue weighted by atomic mass is 10.2. The first kappa shape index (κ1) is 12.8. The third-order valence-corrected chi connectivity index (χ3v) is 3.36. The standard InChI is InChI=1S/C16H18N4/c1-3-17-9-13-8-12(2)16(18-10-13)20-15-7-5-4-6-14(15)11-19-20/h4-8,10-11,17H,3,9H2,1-2H3. The molecule has 20 heavy (non-hydrogen) atoms. The van der Waals surface area contributed by atoms with Gasteiger partial charge in [-0.05, 0) is 36.7 Å². The Morgan fingerprint density at radius 1 is 1.20 bits per heavy atom. The number of pyridine rings is 1. The van der Waals surface area contributed by atoms with Crippen LogP contribution < -0.4 is 5.32 Å². The number of rotatable bonds is 4. The fraction of sp³-hybridized carbons (Fsp3) is 0.250. The van der Waals surface area contributed by atoms with Crippen molar-refractivity contribution < 1.29 is 0 Å². The maximum Gasteiger partial charge on any atom is 0.156 e. The van der Waals surface area contributed by atoms with Gasteiger partial charge in [0, 0.05) is 18.1 Å². The summed E-state index contributed by atoms with van der Waals surface area (Å²) < 4.78 is 1.90. The van der Waals surface area contributed by atoms with Crippen LogP contribution in [-0.4, -0.2) is 21.3 Å². The van der Waals surface area contributed by atoms with E-state index < -0.39 is 0 Å². The molecule has 0 spiro atoms. The quantitative estimate of drug-likeness (QED) is 0.789. The number of aromatic nitrogens is 3. The second-order valence-corrected chi connectivity index (χ2v) is 4.88. The van der Waals surface area contributed by atoms with Crippen molar-refractivity contribution in [2.24, 2.45) is 0 Å². The van der Waals surface area contributed by atoms with E-state index in [1.165, 1.54) is 5.56 Å². The minimum absolute atomic E-state index is 0.852. The van der Waals surface area contributed by atoms with Gasteiger partial charge in [0.2, 0.25) is 0 Å². The summed E-state index contributed by atoms with van der Waals surface area (Å²) in [5, 5.41) is 8.90. The first-order valence-corrected chi connectivity index (χ1v) is 6.89. The van der Waals surface area contributed by atoms with E-state index in [1.54, 1.807) is 0 Å². The molecule has 4 nitrogen and oxygen atoms in total. The molecule has 0 unspecified atom stereocenters. The van der Waals surface area contributed by atoms with Crippen molar-refractivity contribution in [2.75, 3.05) is 6.54 Å². The minimum Gasteiger partial charge on any atom is -0.313 e. The largest absolute Gasteiger partial charge is 0.313 e. The van der Waals surface area contributed by atoms with Crippen molar-refractivity contribution in [1.29, 1.82) is 0 Å². The van der Waals surface area contributed by atoms with Crippen LogP contribution in [-0.2, 0) is 6.54 Å². The van der Waals surface area contributed by atoms with E-state index >= 15 is 0 Å². The lowest BCUT2D eigenvalue weighted by Crippen LogP contribution is -2.12. The molecule has 0 saturated carbocycles. The highest BCUT2D eigenvalue weighted by atomic mass is 15.3. The number of nitrogens with zero attached hydrogens (tertiary/aromatic N) is 3. The van der Waals surface area contributed by atoms with E-state index in [1.807, 2.05) is 29.2 Å². The Bertz CT molecular complexity index is 730. The molecule has 0 saturated heterocycles. The van der Waals surface area contributed by atoms with Gasteiger partial charge in [0.05, 0.1) is 11.7 Å². The average Bonchev–Trinajstić information content (AvgIpc) is 2.89. The van der Waals surface area contributed by atoms with Gasteiger partial charge in [-0.15, -0.1) is 0 Å². The van der Waals surface area contributed by atoms with Gasteiger partial charge in [-0.25, -0.2) is 9.67 Å². The molecule has 0 aliphatic heterocycles. The van der Waals surface area contributed by atoms with E-state index in [9.17, 15) is 0 Å². The first-order valence-electron chi connectivity index (χ1n) is 6.89. The second kappa shape index (κ2) is 5.43. The van der Waals surface area contributed by atoms with Crippen molar-refractivity contribution >= 4 is 10.9 Å². The Balaban J connectivity index is 2.02. The molecule has 102 valence electrons. The molecule has 3 rings (SSSR count). The van der Waals surface area contributed by atoms with Gasteiger partial charge in [0.1, 0.15) is 0 Å². The van der Waals surface area contributed by atoms with Crippen LogP contribution in [0.15, 0.2) is 42.7 Å². The van der Waals surface area contributed by atoms with E-state index in [2.05, 4.69) is 47.4 Å². The molecule has 0 bridgehead atoms. The number of nitrogens with one attached hydrogen (secondary N) is 1. The Morgan fingerprint density at radius 2 is 2.05 bits per heavy atom. The van der Waals surface area contributed by atoms with Crippen LogP contribution in [0.25, 0.3) is 16.7 Å². The van der Waals surface area contributed by atoms with E-state index in [4.69, 9.17) is 0 Å². The van der Waals surface area contributed by atoms with Gasteiger partial charge < -0.3 is 5.32 Å². The molecule has 0 fully saturated rings. The maximum atomic E-state index is 4.58. The van der Waals surface area contributed by atoms with Crippen molar-refractivity contribution in [2.45, 2.75) is 20.4 Å². The summed E-state index contributed by atoms with van der Waals surface area (Å²) in [4.78, 5) is 4.58. The van der Waals surface area contributed by atoms with Gasteiger partial charge in [0.25, 0.3) is 0 Å². The molecule has 0 amide bonds. The van der Waals surface area contributed by atoms with Crippen molar-refractivity contribution in [3.63, 3.8) is 0 Å². The molecule has 0 atom stereocenters. The van der Waals surface area contributed by atoms with Crippen LogP contribution in [0.4, 0.5) is 0 Å². The SMILES string of the molecule is CCNCc1cnc(-n2ncc3ccccc32)c(C)c1. The predicted molar refractivity (Wildman–Crippen MR) is 81.0 cm³/mol. The maximum absolute atomic E-state index is 4.58. The van der Waals surface area contributed by atoms with Crippen LogP contribution in [0, 0.1) is 6.92 Å². The summed E-state index contributed by atoms with van der Waals surface area (Å²) >= 11 is 0. The molecule has 0 aliphatic rings. The van der Waals surface area contributed by atoms with Crippen LogP contribution in [0.1, 0.15) is 18.1 Å². The zero-order valence-corrected chi connectivity index (χ0v) is 11.8. The zero-order chi connectivity index (χ0) is 13.9. The van der Waals surface area contributed by atoms with Crippen LogP contribution in [0.5, 0.6) is 0 Å². The first-order chi connectivity index (χ1) is 9.79. The summed E-state index contributed by atoms with van der Waals surface area (Å²) in [6.45, 7) is 5.99. The Labute approximate surface area is 118 Å². The van der Waals surface area contributed by atoms with Gasteiger partial charge in [-0.3, -0.25) is 0 Å². The second-order valence-electron chi connectivity index (χ2n) is 4.88. The van der Waals surface area contributed by atoms with Crippen LogP contribution >= 0.6 is 0 Å². The number of hydrogen-bond donors (Lipinski definition) is 1. The number of para-hydroxylation sites is 1. The van der Waals surface area contributed by atoms with Crippen LogP contribution in [0.2, 0.25) is 0 Å². The normalized spacial score (nSPS) is 11.1. The molecule has 0 aliphatic carbocycles. The van der Waals surface area contributed by atoms with Crippen molar-refractivity contribution in [3.05, 3.63) is 53.9 Å². The molecular formula is C16H18N4. The Morgan fingerprint density at radius 3 is 2.85 bits per heavy atom. The number of fused-ring (bicyclic) bond motifs is 1. The lowest BCUT2D eigenvalue weighted by molar-refractivity contribution is 0.722. The molecule has 4 heteroatoms. The summed E-state index contributed by atoms with van der Waals surface area (Å²) in [5.74, 6) is 0.895. The Kier molecular flexibility index (Phi) is 3.48. The smallest absolute Gasteiger partial charge is 0.156 e. The van der Waals surface area contributed by atoms with E-state index in [0.717, 1.165) is 35.4 Å². The van der Waals surface area contributed by atoms with Gasteiger partial charge >= 0.3 is 0 Å². The predicted octanol–water partition coefficient (Wildman–Crippen LogP) is 2.84. The van der Waals surface area contributed by atoms with Gasteiger partial charge in [-0.1, -0.05) is 25.1 Å². The summed E-state index contributed by atoms with van der Waals surface area (Å²) in [5.41, 5.74) is 3.42. The zero-order valence-electron chi connectivity index (χ0n) is 11.8. The molecular weight excluding hydrogens is 248 g/mol. The number of aryl methyl sites for hydroxylation is 1. The fourth-order valence-electron chi connectivity index (χ4n) is 2.35. The summed E-state index contributed by atoms with van der Waals surface area (Å²) in [6.07, 6.45) is 3.80. The summed E-state index contributed by atoms with van der Waals surface area (Å²) in [7, 11) is 0. The highest BCUT2D eigenvalue weighted by Crippen LogP contribution is 2.19. The molecule has 0 radical (unpaired) electrons. The van der Waals surface area contributed by atoms with Crippen LogP contribution in [0.3, 0.4) is 0 Å². The molecule has 1 N–H and O–H groups in total. The minimum atomic E-state index is 0.852. The summed E-state index contributed by atoms with van der Waals surface area (Å²) in [6, 6.07) is 10.3. The third-order valence-electron chi connectivity index (χ3n) is 3.36. The number of hydrogen-bond acceptors (Lipinski definition) is 3. The number of benzene rings is 1. The highest BCUT2D eigenvalue weighted by molar-refractivity contribution is 5.79. The van der Waals surface area contributed by atoms with Gasteiger partial charge in [0.15, 0.2) is 5.82 Å². The van der Waals surface area contributed by atoms with E-state index in [-0.39, 0.29) is 0 Å². The van der Waals surface area contributed by atoms with Crippen molar-refractivity contribution in [1.82, 2.24) is 20.1 Å². The molecule has 2 heterocycles.